The highest BCUT2D eigenvalue weighted by Gasteiger charge is 2.48. The minimum atomic E-state index is -5.50. The smallest absolute Gasteiger partial charge is 0.259 e. The molecule has 0 saturated heterocycles. The predicted molar refractivity (Wildman–Crippen MR) is 58.3 cm³/mol. The number of halogens is 3. The fourth-order valence-corrected chi connectivity index (χ4v) is 2.61. The normalized spacial score (nSPS) is 20.5. The molecular weight excluding hydrogens is 269 g/mol. The van der Waals surface area contributed by atoms with E-state index in [-0.39, 0.29) is 12.8 Å². The second kappa shape index (κ2) is 4.55. The molecule has 0 heterocycles. The lowest BCUT2D eigenvalue weighted by Gasteiger charge is -2.24. The zero-order chi connectivity index (χ0) is 13.4. The van der Waals surface area contributed by atoms with E-state index in [4.69, 9.17) is 0 Å². The van der Waals surface area contributed by atoms with Crippen LogP contribution in [-0.4, -0.2) is 20.0 Å². The van der Waals surface area contributed by atoms with Gasteiger partial charge >= 0.3 is 15.6 Å². The summed E-state index contributed by atoms with van der Waals surface area (Å²) in [6.45, 7) is 0. The van der Waals surface area contributed by atoms with E-state index in [1.807, 2.05) is 12.1 Å². The van der Waals surface area contributed by atoms with Crippen LogP contribution in [0.2, 0.25) is 0 Å². The zero-order valence-electron chi connectivity index (χ0n) is 9.27. The van der Waals surface area contributed by atoms with Crippen LogP contribution in [0.1, 0.15) is 17.5 Å². The molecule has 1 aromatic rings. The molecule has 18 heavy (non-hydrogen) atoms. The molecule has 1 unspecified atom stereocenters. The van der Waals surface area contributed by atoms with Crippen molar-refractivity contribution in [2.75, 3.05) is 0 Å². The van der Waals surface area contributed by atoms with Gasteiger partial charge in [-0.1, -0.05) is 24.3 Å². The molecular formula is C11H11F3O3S. The molecule has 0 bridgehead atoms. The van der Waals surface area contributed by atoms with E-state index in [2.05, 4.69) is 4.18 Å². The second-order valence-corrected chi connectivity index (χ2v) is 5.69. The molecule has 0 saturated carbocycles. The Morgan fingerprint density at radius 3 is 2.39 bits per heavy atom. The lowest BCUT2D eigenvalue weighted by molar-refractivity contribution is -0.0577. The maximum Gasteiger partial charge on any atom is 0.523 e. The van der Waals surface area contributed by atoms with Crippen LogP contribution < -0.4 is 0 Å². The molecule has 1 aromatic carbocycles. The molecule has 2 rings (SSSR count). The third kappa shape index (κ3) is 2.67. The van der Waals surface area contributed by atoms with Gasteiger partial charge in [-0.15, -0.1) is 0 Å². The Morgan fingerprint density at radius 2 is 1.78 bits per heavy atom. The first kappa shape index (κ1) is 13.4. The molecule has 1 atom stereocenters. The first-order chi connectivity index (χ1) is 8.29. The SMILES string of the molecule is O=S(=O)(OC1CCc2ccccc2C1)C(F)(F)F. The molecule has 0 aromatic heterocycles. The van der Waals surface area contributed by atoms with E-state index >= 15 is 0 Å². The maximum atomic E-state index is 12.2. The van der Waals surface area contributed by atoms with Crippen molar-refractivity contribution in [3.8, 4) is 0 Å². The van der Waals surface area contributed by atoms with Crippen molar-refractivity contribution in [1.82, 2.24) is 0 Å². The van der Waals surface area contributed by atoms with E-state index in [0.717, 1.165) is 11.1 Å². The van der Waals surface area contributed by atoms with E-state index in [0.29, 0.717) is 6.42 Å². The largest absolute Gasteiger partial charge is 0.523 e. The summed E-state index contributed by atoms with van der Waals surface area (Å²) in [5, 5.41) is 0. The van der Waals surface area contributed by atoms with Crippen molar-refractivity contribution < 1.29 is 25.8 Å². The number of benzene rings is 1. The molecule has 0 amide bonds. The number of hydrogen-bond donors (Lipinski definition) is 0. The van der Waals surface area contributed by atoms with Crippen molar-refractivity contribution in [3.63, 3.8) is 0 Å². The lowest BCUT2D eigenvalue weighted by Crippen LogP contribution is -2.32. The van der Waals surface area contributed by atoms with Gasteiger partial charge in [0.2, 0.25) is 0 Å². The van der Waals surface area contributed by atoms with Crippen LogP contribution in [0.15, 0.2) is 24.3 Å². The summed E-state index contributed by atoms with van der Waals surface area (Å²) in [6, 6.07) is 7.25. The Hall–Kier alpha value is -1.08. The Labute approximate surface area is 103 Å². The number of alkyl halides is 3. The van der Waals surface area contributed by atoms with Gasteiger partial charge in [-0.3, -0.25) is 4.18 Å². The Kier molecular flexibility index (Phi) is 3.37. The molecule has 1 aliphatic rings. The van der Waals surface area contributed by atoms with Gasteiger partial charge in [0.05, 0.1) is 6.10 Å². The van der Waals surface area contributed by atoms with Crippen molar-refractivity contribution in [3.05, 3.63) is 35.4 Å². The topological polar surface area (TPSA) is 43.4 Å². The van der Waals surface area contributed by atoms with Crippen LogP contribution in [0.25, 0.3) is 0 Å². The average Bonchev–Trinajstić information content (AvgIpc) is 2.27. The van der Waals surface area contributed by atoms with Crippen LogP contribution in [0.3, 0.4) is 0 Å². The van der Waals surface area contributed by atoms with Gasteiger partial charge in [0.25, 0.3) is 0 Å². The average molecular weight is 280 g/mol. The molecule has 3 nitrogen and oxygen atoms in total. The summed E-state index contributed by atoms with van der Waals surface area (Å²) in [6.07, 6.45) is 0.0398. The maximum absolute atomic E-state index is 12.2. The third-order valence-electron chi connectivity index (χ3n) is 2.85. The van der Waals surface area contributed by atoms with Crippen LogP contribution >= 0.6 is 0 Å². The highest BCUT2D eigenvalue weighted by atomic mass is 32.2. The summed E-state index contributed by atoms with van der Waals surface area (Å²) < 4.78 is 62.5. The highest BCUT2D eigenvalue weighted by Crippen LogP contribution is 2.30. The Morgan fingerprint density at radius 1 is 1.17 bits per heavy atom. The summed E-state index contributed by atoms with van der Waals surface area (Å²) in [7, 11) is -5.50. The summed E-state index contributed by atoms with van der Waals surface area (Å²) in [5.41, 5.74) is -3.49. The third-order valence-corrected chi connectivity index (χ3v) is 3.94. The van der Waals surface area contributed by atoms with Gasteiger partial charge in [0.15, 0.2) is 0 Å². The van der Waals surface area contributed by atoms with Crippen molar-refractivity contribution in [2.45, 2.75) is 30.9 Å². The number of hydrogen-bond acceptors (Lipinski definition) is 3. The van der Waals surface area contributed by atoms with E-state index in [9.17, 15) is 21.6 Å². The highest BCUT2D eigenvalue weighted by molar-refractivity contribution is 7.87. The molecule has 100 valence electrons. The zero-order valence-corrected chi connectivity index (χ0v) is 10.1. The number of fused-ring (bicyclic) bond motifs is 1. The van der Waals surface area contributed by atoms with E-state index < -0.39 is 21.7 Å². The fraction of sp³-hybridized carbons (Fsp3) is 0.455. The van der Waals surface area contributed by atoms with Crippen LogP contribution in [0.4, 0.5) is 13.2 Å². The van der Waals surface area contributed by atoms with E-state index in [1.54, 1.807) is 12.1 Å². The predicted octanol–water partition coefficient (Wildman–Crippen LogP) is 2.41. The lowest BCUT2D eigenvalue weighted by atomic mass is 9.90. The second-order valence-electron chi connectivity index (χ2n) is 4.13. The number of aryl methyl sites for hydroxylation is 1. The molecule has 0 spiro atoms. The quantitative estimate of drug-likeness (QED) is 0.617. The number of rotatable bonds is 2. The van der Waals surface area contributed by atoms with E-state index in [1.165, 1.54) is 0 Å². The van der Waals surface area contributed by atoms with Crippen LogP contribution in [-0.2, 0) is 27.1 Å². The van der Waals surface area contributed by atoms with Gasteiger partial charge < -0.3 is 0 Å². The molecule has 0 aliphatic heterocycles. The van der Waals surface area contributed by atoms with Gasteiger partial charge in [0, 0.05) is 6.42 Å². The molecule has 1 aliphatic carbocycles. The van der Waals surface area contributed by atoms with Gasteiger partial charge in [-0.05, 0) is 24.0 Å². The summed E-state index contributed by atoms with van der Waals surface area (Å²) >= 11 is 0. The standard InChI is InChI=1S/C11H11F3O3S/c12-11(13,14)18(15,16)17-10-6-5-8-3-1-2-4-9(8)7-10/h1-4,10H,5-7H2. The first-order valence-electron chi connectivity index (χ1n) is 5.36. The minimum absolute atomic E-state index is 0.186. The Balaban J connectivity index is 2.12. The fourth-order valence-electron chi connectivity index (χ4n) is 1.98. The summed E-state index contributed by atoms with van der Waals surface area (Å²) in [5.74, 6) is 0. The van der Waals surface area contributed by atoms with Crippen LogP contribution in [0, 0.1) is 0 Å². The van der Waals surface area contributed by atoms with Crippen molar-refractivity contribution >= 4 is 10.1 Å². The van der Waals surface area contributed by atoms with Gasteiger partial charge in [0.1, 0.15) is 0 Å². The van der Waals surface area contributed by atoms with Crippen LogP contribution in [0.5, 0.6) is 0 Å². The molecule has 0 radical (unpaired) electrons. The molecule has 7 heteroatoms. The van der Waals surface area contributed by atoms with Crippen molar-refractivity contribution in [1.29, 1.82) is 0 Å². The van der Waals surface area contributed by atoms with Crippen molar-refractivity contribution in [2.24, 2.45) is 0 Å². The molecule has 0 fully saturated rings. The van der Waals surface area contributed by atoms with Gasteiger partial charge in [-0.25, -0.2) is 0 Å². The molecule has 0 N–H and O–H groups in total. The summed E-state index contributed by atoms with van der Waals surface area (Å²) in [4.78, 5) is 0. The van der Waals surface area contributed by atoms with Gasteiger partial charge in [-0.2, -0.15) is 21.6 Å². The first-order valence-corrected chi connectivity index (χ1v) is 6.77. The minimum Gasteiger partial charge on any atom is -0.259 e. The monoisotopic (exact) mass is 280 g/mol. The Bertz CT molecular complexity index is 537.